The molecule has 0 fully saturated rings. The number of carbonyl (C=O) groups is 2. The first-order chi connectivity index (χ1) is 14.5. The number of pyridine rings is 1. The highest BCUT2D eigenvalue weighted by atomic mass is 16.4. The molecule has 1 aliphatic rings. The SMILES string of the molecule is Cc1ccccc1NC(=O)c1oc2c(c1C)/C(=N/NC(=O)c1cccnc1)CCC2. The number of anilines is 1. The van der Waals surface area contributed by atoms with Crippen molar-refractivity contribution in [3.63, 3.8) is 0 Å². The van der Waals surface area contributed by atoms with Crippen LogP contribution in [0.5, 0.6) is 0 Å². The summed E-state index contributed by atoms with van der Waals surface area (Å²) in [5, 5.41) is 7.24. The van der Waals surface area contributed by atoms with E-state index in [1.807, 2.05) is 38.1 Å². The summed E-state index contributed by atoms with van der Waals surface area (Å²) in [4.78, 5) is 29.1. The second-order valence-corrected chi connectivity index (χ2v) is 7.22. The summed E-state index contributed by atoms with van der Waals surface area (Å²) >= 11 is 0. The van der Waals surface area contributed by atoms with Crippen LogP contribution >= 0.6 is 0 Å². The third-order valence-electron chi connectivity index (χ3n) is 5.14. The maximum Gasteiger partial charge on any atom is 0.291 e. The number of carbonyl (C=O) groups excluding carboxylic acids is 2. The number of benzene rings is 1. The summed E-state index contributed by atoms with van der Waals surface area (Å²) < 4.78 is 5.92. The van der Waals surface area contributed by atoms with Crippen molar-refractivity contribution in [2.24, 2.45) is 5.10 Å². The van der Waals surface area contributed by atoms with Crippen LogP contribution in [-0.4, -0.2) is 22.5 Å². The van der Waals surface area contributed by atoms with Gasteiger partial charge < -0.3 is 9.73 Å². The average molecular weight is 402 g/mol. The number of nitrogens with zero attached hydrogens (tertiary/aromatic N) is 2. The molecule has 0 radical (unpaired) electrons. The van der Waals surface area contributed by atoms with Gasteiger partial charge >= 0.3 is 0 Å². The third kappa shape index (κ3) is 3.87. The Hall–Kier alpha value is -3.74. The number of amides is 2. The minimum atomic E-state index is -0.332. The highest BCUT2D eigenvalue weighted by molar-refractivity contribution is 6.09. The third-order valence-corrected chi connectivity index (χ3v) is 5.14. The molecule has 0 saturated carbocycles. The fourth-order valence-corrected chi connectivity index (χ4v) is 3.57. The van der Waals surface area contributed by atoms with Gasteiger partial charge in [0.15, 0.2) is 5.76 Å². The Labute approximate surface area is 174 Å². The molecule has 30 heavy (non-hydrogen) atoms. The Morgan fingerprint density at radius 2 is 1.90 bits per heavy atom. The van der Waals surface area contributed by atoms with Crippen LogP contribution in [0.15, 0.2) is 58.3 Å². The molecule has 7 nitrogen and oxygen atoms in total. The van der Waals surface area contributed by atoms with Crippen molar-refractivity contribution in [2.75, 3.05) is 5.32 Å². The summed E-state index contributed by atoms with van der Waals surface area (Å²) in [5.74, 6) is 0.371. The van der Waals surface area contributed by atoms with Crippen LogP contribution in [0, 0.1) is 13.8 Å². The van der Waals surface area contributed by atoms with Gasteiger partial charge in [0.2, 0.25) is 0 Å². The van der Waals surface area contributed by atoms with Gasteiger partial charge in [-0.1, -0.05) is 18.2 Å². The molecule has 3 aromatic rings. The van der Waals surface area contributed by atoms with Gasteiger partial charge in [-0.25, -0.2) is 5.43 Å². The minimum Gasteiger partial charge on any atom is -0.455 e. The second-order valence-electron chi connectivity index (χ2n) is 7.22. The number of para-hydroxylation sites is 1. The maximum absolute atomic E-state index is 12.8. The number of rotatable bonds is 4. The van der Waals surface area contributed by atoms with Crippen LogP contribution in [0.2, 0.25) is 0 Å². The van der Waals surface area contributed by atoms with Crippen molar-refractivity contribution in [1.29, 1.82) is 0 Å². The zero-order valence-corrected chi connectivity index (χ0v) is 16.9. The number of nitrogens with one attached hydrogen (secondary N) is 2. The minimum absolute atomic E-state index is 0.274. The van der Waals surface area contributed by atoms with E-state index in [1.54, 1.807) is 18.3 Å². The van der Waals surface area contributed by atoms with E-state index >= 15 is 0 Å². The van der Waals surface area contributed by atoms with E-state index in [9.17, 15) is 9.59 Å². The number of hydrogen-bond donors (Lipinski definition) is 2. The number of hydrazone groups is 1. The summed E-state index contributed by atoms with van der Waals surface area (Å²) in [7, 11) is 0. The van der Waals surface area contributed by atoms with Gasteiger partial charge in [0.25, 0.3) is 11.8 Å². The van der Waals surface area contributed by atoms with Gasteiger partial charge in [-0.15, -0.1) is 0 Å². The summed E-state index contributed by atoms with van der Waals surface area (Å²) in [6.45, 7) is 3.78. The van der Waals surface area contributed by atoms with Crippen LogP contribution < -0.4 is 10.7 Å². The molecule has 2 aromatic heterocycles. The second kappa shape index (κ2) is 8.32. The van der Waals surface area contributed by atoms with E-state index in [0.29, 0.717) is 17.7 Å². The Balaban J connectivity index is 1.58. The molecule has 0 spiro atoms. The predicted molar refractivity (Wildman–Crippen MR) is 114 cm³/mol. The lowest BCUT2D eigenvalue weighted by atomic mass is 9.93. The Kier molecular flexibility index (Phi) is 5.43. The molecule has 1 aromatic carbocycles. The lowest BCUT2D eigenvalue weighted by molar-refractivity contribution is 0.0953. The van der Waals surface area contributed by atoms with Gasteiger partial charge in [0, 0.05) is 35.6 Å². The van der Waals surface area contributed by atoms with Crippen molar-refractivity contribution in [2.45, 2.75) is 33.1 Å². The van der Waals surface area contributed by atoms with Crippen molar-refractivity contribution in [1.82, 2.24) is 10.4 Å². The Bertz CT molecular complexity index is 1130. The zero-order chi connectivity index (χ0) is 21.1. The smallest absolute Gasteiger partial charge is 0.291 e. The van der Waals surface area contributed by atoms with Gasteiger partial charge in [-0.05, 0) is 50.5 Å². The normalized spacial score (nSPS) is 14.3. The van der Waals surface area contributed by atoms with E-state index in [1.165, 1.54) is 6.20 Å². The topological polar surface area (TPSA) is 96.6 Å². The molecular weight excluding hydrogens is 380 g/mol. The first-order valence-electron chi connectivity index (χ1n) is 9.81. The van der Waals surface area contributed by atoms with E-state index < -0.39 is 0 Å². The maximum atomic E-state index is 12.8. The molecule has 0 unspecified atom stereocenters. The molecule has 7 heteroatoms. The van der Waals surface area contributed by atoms with E-state index in [2.05, 4.69) is 20.8 Å². The molecule has 0 atom stereocenters. The van der Waals surface area contributed by atoms with Gasteiger partial charge in [-0.3, -0.25) is 14.6 Å². The highest BCUT2D eigenvalue weighted by Crippen LogP contribution is 2.30. The average Bonchev–Trinajstić information content (AvgIpc) is 3.11. The zero-order valence-electron chi connectivity index (χ0n) is 16.9. The number of furan rings is 1. The Morgan fingerprint density at radius 3 is 2.67 bits per heavy atom. The molecule has 0 saturated heterocycles. The molecule has 4 rings (SSSR count). The fourth-order valence-electron chi connectivity index (χ4n) is 3.57. The Morgan fingerprint density at radius 1 is 1.07 bits per heavy atom. The monoisotopic (exact) mass is 402 g/mol. The lowest BCUT2D eigenvalue weighted by Gasteiger charge is -2.13. The van der Waals surface area contributed by atoms with Gasteiger partial charge in [-0.2, -0.15) is 5.10 Å². The molecule has 0 bridgehead atoms. The molecule has 0 aliphatic heterocycles. The van der Waals surface area contributed by atoms with Gasteiger partial charge in [0.05, 0.1) is 11.3 Å². The van der Waals surface area contributed by atoms with Crippen LogP contribution in [0.4, 0.5) is 5.69 Å². The predicted octanol–water partition coefficient (Wildman–Crippen LogP) is 4.01. The van der Waals surface area contributed by atoms with E-state index in [4.69, 9.17) is 4.42 Å². The van der Waals surface area contributed by atoms with Crippen LogP contribution in [0.3, 0.4) is 0 Å². The van der Waals surface area contributed by atoms with E-state index in [-0.39, 0.29) is 17.6 Å². The van der Waals surface area contributed by atoms with Crippen LogP contribution in [0.1, 0.15) is 56.2 Å². The summed E-state index contributed by atoms with van der Waals surface area (Å²) in [6.07, 6.45) is 5.34. The largest absolute Gasteiger partial charge is 0.455 e. The molecule has 2 heterocycles. The molecule has 152 valence electrons. The van der Waals surface area contributed by atoms with Gasteiger partial charge in [0.1, 0.15) is 5.76 Å². The molecule has 2 N–H and O–H groups in total. The first kappa shape index (κ1) is 19.6. The van der Waals surface area contributed by atoms with Crippen molar-refractivity contribution >= 4 is 23.2 Å². The number of aryl methyl sites for hydroxylation is 2. The van der Waals surface area contributed by atoms with Crippen molar-refractivity contribution < 1.29 is 14.0 Å². The molecule has 1 aliphatic carbocycles. The summed E-state index contributed by atoms with van der Waals surface area (Å²) in [5.41, 5.74) is 6.98. The van der Waals surface area contributed by atoms with Crippen molar-refractivity contribution in [3.05, 3.63) is 82.6 Å². The van der Waals surface area contributed by atoms with Crippen LogP contribution in [-0.2, 0) is 6.42 Å². The number of hydrogen-bond acceptors (Lipinski definition) is 5. The van der Waals surface area contributed by atoms with Crippen molar-refractivity contribution in [3.8, 4) is 0 Å². The highest BCUT2D eigenvalue weighted by Gasteiger charge is 2.28. The quantitative estimate of drug-likeness (QED) is 0.644. The standard InChI is InChI=1S/C23H22N4O3/c1-14-7-3-4-9-17(14)25-23(29)21-15(2)20-18(10-5-11-19(20)30-21)26-27-22(28)16-8-6-12-24-13-16/h3-4,6-9,12-13H,5,10-11H2,1-2H3,(H,25,29)(H,27,28)/b26-18+. The fraction of sp³-hybridized carbons (Fsp3) is 0.217. The lowest BCUT2D eigenvalue weighted by Crippen LogP contribution is -2.22. The molecule has 2 amide bonds. The number of fused-ring (bicyclic) bond motifs is 1. The number of aromatic nitrogens is 1. The first-order valence-corrected chi connectivity index (χ1v) is 9.81. The summed E-state index contributed by atoms with van der Waals surface area (Å²) in [6, 6.07) is 11.0. The van der Waals surface area contributed by atoms with Crippen LogP contribution in [0.25, 0.3) is 0 Å². The van der Waals surface area contributed by atoms with E-state index in [0.717, 1.165) is 41.0 Å². The molecular formula is C23H22N4O3.